The molecule has 0 bridgehead atoms. The summed E-state index contributed by atoms with van der Waals surface area (Å²) in [4.78, 5) is 60.0. The van der Waals surface area contributed by atoms with Crippen LogP contribution in [-0.4, -0.2) is 86.5 Å². The van der Waals surface area contributed by atoms with Gasteiger partial charge in [0.05, 0.1) is 18.6 Å². The third-order valence-electron chi connectivity index (χ3n) is 4.79. The Kier molecular flexibility index (Phi) is 11.1. The molecule has 1 rings (SSSR count). The van der Waals surface area contributed by atoms with E-state index >= 15 is 0 Å². The summed E-state index contributed by atoms with van der Waals surface area (Å²) in [6, 6.07) is 2.28. The zero-order chi connectivity index (χ0) is 26.0. The van der Waals surface area contributed by atoms with Gasteiger partial charge in [0.15, 0.2) is 0 Å². The normalized spacial score (nSPS) is 16.1. The predicted molar refractivity (Wildman–Crippen MR) is 117 cm³/mol. The van der Waals surface area contributed by atoms with E-state index in [1.807, 2.05) is 0 Å². The first-order valence-electron chi connectivity index (χ1n) is 10.3. The molecule has 0 aromatic heterocycles. The zero-order valence-corrected chi connectivity index (χ0v) is 18.7. The summed E-state index contributed by atoms with van der Waals surface area (Å²) in [5.74, 6) is -5.93. The molecule has 0 saturated carbocycles. The second kappa shape index (κ2) is 13.2. The van der Waals surface area contributed by atoms with Gasteiger partial charge < -0.3 is 42.1 Å². The summed E-state index contributed by atoms with van der Waals surface area (Å²) in [6.07, 6.45) is -3.66. The number of carbonyl (C=O) groups excluding carboxylic acids is 3. The molecule has 6 unspecified atom stereocenters. The summed E-state index contributed by atoms with van der Waals surface area (Å²) in [7, 11) is 0. The molecule has 13 nitrogen and oxygen atoms in total. The number of nitrogens with one attached hydrogen (secondary N) is 3. The van der Waals surface area contributed by atoms with Crippen molar-refractivity contribution in [3.05, 3.63) is 35.9 Å². The molecule has 9 N–H and O–H groups in total. The fraction of sp³-hybridized carbons (Fsp3) is 0.476. The molecule has 34 heavy (non-hydrogen) atoms. The van der Waals surface area contributed by atoms with Gasteiger partial charge in [-0.2, -0.15) is 0 Å². The number of carboxylic acid groups (broad SMARTS) is 2. The van der Waals surface area contributed by atoms with E-state index in [9.17, 15) is 39.3 Å². The van der Waals surface area contributed by atoms with Crippen LogP contribution in [-0.2, 0) is 30.4 Å². The van der Waals surface area contributed by atoms with Crippen LogP contribution in [0.5, 0.6) is 0 Å². The van der Waals surface area contributed by atoms with Crippen LogP contribution in [0, 0.1) is 0 Å². The molecule has 0 fully saturated rings. The van der Waals surface area contributed by atoms with Crippen LogP contribution in [0.3, 0.4) is 0 Å². The number of carboxylic acids is 2. The van der Waals surface area contributed by atoms with Gasteiger partial charge >= 0.3 is 11.9 Å². The highest BCUT2D eigenvalue weighted by molar-refractivity contribution is 5.95. The van der Waals surface area contributed by atoms with Crippen LogP contribution in [0.1, 0.15) is 25.8 Å². The van der Waals surface area contributed by atoms with E-state index in [1.54, 1.807) is 30.3 Å². The van der Waals surface area contributed by atoms with Gasteiger partial charge in [-0.25, -0.2) is 4.79 Å². The number of aliphatic carboxylic acids is 2. The number of hydrogen-bond acceptors (Lipinski definition) is 8. The number of amides is 3. The van der Waals surface area contributed by atoms with Crippen molar-refractivity contribution in [3.63, 3.8) is 0 Å². The molecule has 13 heteroatoms. The van der Waals surface area contributed by atoms with E-state index in [4.69, 9.17) is 10.8 Å². The van der Waals surface area contributed by atoms with Gasteiger partial charge in [-0.3, -0.25) is 19.2 Å². The number of hydrogen-bond donors (Lipinski definition) is 8. The summed E-state index contributed by atoms with van der Waals surface area (Å²) in [5, 5.41) is 44.2. The Balaban J connectivity index is 3.11. The van der Waals surface area contributed by atoms with Crippen LogP contribution in [0.15, 0.2) is 30.3 Å². The summed E-state index contributed by atoms with van der Waals surface area (Å²) >= 11 is 0. The predicted octanol–water partition coefficient (Wildman–Crippen LogP) is -2.67. The molecule has 3 amide bonds. The lowest BCUT2D eigenvalue weighted by atomic mass is 10.0. The van der Waals surface area contributed by atoms with Crippen molar-refractivity contribution < 1.29 is 44.4 Å². The van der Waals surface area contributed by atoms with Crippen LogP contribution >= 0.6 is 0 Å². The SMILES string of the molecule is CC(O)C(N)C(=O)NC(C(=O)NC(Cc1ccccc1)C(=O)NC(CC(=O)O)C(=O)O)C(C)O. The van der Waals surface area contributed by atoms with E-state index < -0.39 is 72.5 Å². The minimum absolute atomic E-state index is 0.106. The highest BCUT2D eigenvalue weighted by Crippen LogP contribution is 2.06. The quantitative estimate of drug-likeness (QED) is 0.145. The van der Waals surface area contributed by atoms with Crippen LogP contribution < -0.4 is 21.7 Å². The van der Waals surface area contributed by atoms with Crippen molar-refractivity contribution in [2.45, 2.75) is 63.1 Å². The number of nitrogens with two attached hydrogens (primary N) is 1. The number of aliphatic hydroxyl groups is 2. The lowest BCUT2D eigenvalue weighted by molar-refractivity contribution is -0.147. The van der Waals surface area contributed by atoms with Gasteiger partial charge in [-0.05, 0) is 19.4 Å². The van der Waals surface area contributed by atoms with E-state index in [2.05, 4.69) is 16.0 Å². The number of aliphatic hydroxyl groups excluding tert-OH is 2. The molecule has 0 aliphatic heterocycles. The average molecular weight is 482 g/mol. The molecule has 0 radical (unpaired) electrons. The highest BCUT2D eigenvalue weighted by Gasteiger charge is 2.33. The highest BCUT2D eigenvalue weighted by atomic mass is 16.4. The molecule has 0 spiro atoms. The van der Waals surface area contributed by atoms with Gasteiger partial charge in [0.25, 0.3) is 0 Å². The minimum atomic E-state index is -1.75. The fourth-order valence-corrected chi connectivity index (χ4v) is 2.84. The van der Waals surface area contributed by atoms with E-state index in [0.29, 0.717) is 5.56 Å². The summed E-state index contributed by atoms with van der Waals surface area (Å²) in [5.41, 5.74) is 6.13. The first-order chi connectivity index (χ1) is 15.8. The van der Waals surface area contributed by atoms with E-state index in [1.165, 1.54) is 13.8 Å². The molecule has 0 aliphatic carbocycles. The van der Waals surface area contributed by atoms with E-state index in [0.717, 1.165) is 0 Å². The van der Waals surface area contributed by atoms with Gasteiger partial charge in [-0.1, -0.05) is 30.3 Å². The summed E-state index contributed by atoms with van der Waals surface area (Å²) in [6.45, 7) is 2.47. The molecular formula is C21H30N4O9. The molecule has 0 saturated heterocycles. The van der Waals surface area contributed by atoms with Gasteiger partial charge in [-0.15, -0.1) is 0 Å². The van der Waals surface area contributed by atoms with Gasteiger partial charge in [0, 0.05) is 6.42 Å². The largest absolute Gasteiger partial charge is 0.481 e. The average Bonchev–Trinajstić information content (AvgIpc) is 2.75. The van der Waals surface area contributed by atoms with Crippen molar-refractivity contribution in [1.82, 2.24) is 16.0 Å². The molecular weight excluding hydrogens is 452 g/mol. The standard InChI is InChI=1S/C21H30N4O9/c1-10(26)16(22)19(31)25-17(11(2)27)20(32)23-13(8-12-6-4-3-5-7-12)18(30)24-14(21(33)34)9-15(28)29/h3-7,10-11,13-14,16-17,26-27H,8-9,22H2,1-2H3,(H,23,32)(H,24,30)(H,25,31)(H,28,29)(H,33,34). The van der Waals surface area contributed by atoms with Gasteiger partial charge in [0.1, 0.15) is 24.2 Å². The van der Waals surface area contributed by atoms with Crippen molar-refractivity contribution in [2.75, 3.05) is 0 Å². The zero-order valence-electron chi connectivity index (χ0n) is 18.7. The van der Waals surface area contributed by atoms with Crippen molar-refractivity contribution in [2.24, 2.45) is 5.73 Å². The van der Waals surface area contributed by atoms with Crippen molar-refractivity contribution in [3.8, 4) is 0 Å². The lowest BCUT2D eigenvalue weighted by Crippen LogP contribution is -2.61. The van der Waals surface area contributed by atoms with E-state index in [-0.39, 0.29) is 6.42 Å². The Bertz CT molecular complexity index is 876. The number of carbonyl (C=O) groups is 5. The molecule has 1 aromatic rings. The molecule has 1 aromatic carbocycles. The monoisotopic (exact) mass is 482 g/mol. The molecule has 188 valence electrons. The van der Waals surface area contributed by atoms with Gasteiger partial charge in [0.2, 0.25) is 17.7 Å². The third kappa shape index (κ3) is 9.13. The van der Waals surface area contributed by atoms with Crippen molar-refractivity contribution in [1.29, 1.82) is 0 Å². The third-order valence-corrected chi connectivity index (χ3v) is 4.79. The Morgan fingerprint density at radius 2 is 1.38 bits per heavy atom. The van der Waals surface area contributed by atoms with Crippen LogP contribution in [0.25, 0.3) is 0 Å². The first kappa shape index (κ1) is 28.5. The second-order valence-electron chi connectivity index (χ2n) is 7.74. The Morgan fingerprint density at radius 1 is 0.824 bits per heavy atom. The second-order valence-corrected chi connectivity index (χ2v) is 7.74. The minimum Gasteiger partial charge on any atom is -0.481 e. The smallest absolute Gasteiger partial charge is 0.326 e. The fourth-order valence-electron chi connectivity index (χ4n) is 2.84. The number of rotatable bonds is 13. The summed E-state index contributed by atoms with van der Waals surface area (Å²) < 4.78 is 0. The first-order valence-corrected chi connectivity index (χ1v) is 10.3. The topological polar surface area (TPSA) is 228 Å². The maximum Gasteiger partial charge on any atom is 0.326 e. The Labute approximate surface area is 195 Å². The van der Waals surface area contributed by atoms with Crippen molar-refractivity contribution >= 4 is 29.7 Å². The maximum absolute atomic E-state index is 12.8. The molecule has 0 aliphatic rings. The van der Waals surface area contributed by atoms with Crippen LogP contribution in [0.4, 0.5) is 0 Å². The molecule has 6 atom stereocenters. The molecule has 0 heterocycles. The Morgan fingerprint density at radius 3 is 1.85 bits per heavy atom. The lowest BCUT2D eigenvalue weighted by Gasteiger charge is -2.26. The maximum atomic E-state index is 12.8. The Hall–Kier alpha value is -3.55. The van der Waals surface area contributed by atoms with Crippen LogP contribution in [0.2, 0.25) is 0 Å². The number of benzene rings is 1.